The van der Waals surface area contributed by atoms with Crippen LogP contribution in [-0.4, -0.2) is 12.1 Å². The largest absolute Gasteiger partial charge is 0.378 e. The van der Waals surface area contributed by atoms with Gasteiger partial charge >= 0.3 is 0 Å². The van der Waals surface area contributed by atoms with Crippen molar-refractivity contribution in [2.45, 2.75) is 25.4 Å². The van der Waals surface area contributed by atoms with E-state index in [0.29, 0.717) is 12.5 Å². The van der Waals surface area contributed by atoms with Crippen LogP contribution in [0.15, 0.2) is 0 Å². The second kappa shape index (κ2) is 3.44. The van der Waals surface area contributed by atoms with Gasteiger partial charge in [-0.2, -0.15) is 5.26 Å². The van der Waals surface area contributed by atoms with Crippen molar-refractivity contribution in [1.29, 1.82) is 5.26 Å². The van der Waals surface area contributed by atoms with Crippen LogP contribution in [0.5, 0.6) is 0 Å². The summed E-state index contributed by atoms with van der Waals surface area (Å²) in [5, 5.41) is 9.77. The zero-order chi connectivity index (χ0) is 9.26. The Morgan fingerprint density at radius 2 is 2.46 bits per heavy atom. The normalized spacial score (nSPS) is 15.7. The lowest BCUT2D eigenvalue weighted by Gasteiger charge is -1.90. The maximum Gasteiger partial charge on any atom is 0.128 e. The summed E-state index contributed by atoms with van der Waals surface area (Å²) in [6.07, 6.45) is 2.37. The van der Waals surface area contributed by atoms with E-state index in [-0.39, 0.29) is 0 Å². The molecule has 0 unspecified atom stereocenters. The Bertz CT molecular complexity index is 349. The van der Waals surface area contributed by atoms with Gasteiger partial charge < -0.3 is 4.74 Å². The van der Waals surface area contributed by atoms with Crippen LogP contribution in [0.2, 0.25) is 0 Å². The molecule has 0 N–H and O–H groups in total. The van der Waals surface area contributed by atoms with Crippen molar-refractivity contribution in [2.24, 2.45) is 0 Å². The molecule has 0 radical (unpaired) electrons. The number of thiazole rings is 1. The molecule has 1 fully saturated rings. The lowest BCUT2D eigenvalue weighted by molar-refractivity contribution is 0.184. The van der Waals surface area contributed by atoms with Crippen LogP contribution >= 0.6 is 11.3 Å². The second-order valence-electron chi connectivity index (χ2n) is 3.14. The van der Waals surface area contributed by atoms with Crippen LogP contribution in [0.1, 0.15) is 34.3 Å². The van der Waals surface area contributed by atoms with E-state index in [1.807, 2.05) is 0 Å². The molecule has 0 spiro atoms. The fourth-order valence-corrected chi connectivity index (χ4v) is 2.20. The molecule has 3 nitrogen and oxygen atoms in total. The molecule has 68 valence electrons. The van der Waals surface area contributed by atoms with Gasteiger partial charge in [0.2, 0.25) is 0 Å². The van der Waals surface area contributed by atoms with Crippen LogP contribution in [0.3, 0.4) is 0 Å². The van der Waals surface area contributed by atoms with Crippen molar-refractivity contribution in [1.82, 2.24) is 4.98 Å². The molecular weight excluding hydrogens is 184 g/mol. The van der Waals surface area contributed by atoms with E-state index < -0.39 is 0 Å². The molecule has 13 heavy (non-hydrogen) atoms. The standard InChI is InChI=1S/C9H10N2OS/c1-12-5-8-11-9(6-2-3-6)7(4-10)13-8/h6H,2-3,5H2,1H3. The molecule has 0 atom stereocenters. The van der Waals surface area contributed by atoms with Crippen molar-refractivity contribution < 1.29 is 4.74 Å². The van der Waals surface area contributed by atoms with Gasteiger partial charge in [-0.15, -0.1) is 11.3 Å². The average Bonchev–Trinajstić information content (AvgIpc) is 2.89. The summed E-state index contributed by atoms with van der Waals surface area (Å²) >= 11 is 1.46. The lowest BCUT2D eigenvalue weighted by atomic mass is 10.3. The van der Waals surface area contributed by atoms with E-state index in [0.717, 1.165) is 15.6 Å². The molecule has 0 amide bonds. The molecule has 1 aliphatic rings. The molecule has 1 aromatic heterocycles. The predicted octanol–water partition coefficient (Wildman–Crippen LogP) is 2.04. The highest BCUT2D eigenvalue weighted by molar-refractivity contribution is 7.12. The van der Waals surface area contributed by atoms with E-state index in [1.165, 1.54) is 24.2 Å². The number of nitriles is 1. The first-order valence-corrected chi connectivity index (χ1v) is 5.05. The first-order valence-electron chi connectivity index (χ1n) is 4.23. The van der Waals surface area contributed by atoms with E-state index >= 15 is 0 Å². The van der Waals surface area contributed by atoms with Gasteiger partial charge in [0, 0.05) is 13.0 Å². The number of ether oxygens (including phenoxy) is 1. The molecule has 1 aliphatic carbocycles. The Labute approximate surface area is 81.0 Å². The van der Waals surface area contributed by atoms with Gasteiger partial charge in [-0.05, 0) is 12.8 Å². The third kappa shape index (κ3) is 1.71. The van der Waals surface area contributed by atoms with Gasteiger partial charge in [0.25, 0.3) is 0 Å². The number of hydrogen-bond donors (Lipinski definition) is 0. The van der Waals surface area contributed by atoms with Gasteiger partial charge in [-0.3, -0.25) is 0 Å². The highest BCUT2D eigenvalue weighted by Crippen LogP contribution is 2.42. The quantitative estimate of drug-likeness (QED) is 0.739. The van der Waals surface area contributed by atoms with Crippen molar-refractivity contribution in [3.05, 3.63) is 15.6 Å². The number of nitrogens with zero attached hydrogens (tertiary/aromatic N) is 2. The monoisotopic (exact) mass is 194 g/mol. The minimum Gasteiger partial charge on any atom is -0.378 e. The molecule has 0 aliphatic heterocycles. The van der Waals surface area contributed by atoms with E-state index in [1.54, 1.807) is 7.11 Å². The molecule has 0 saturated heterocycles. The highest BCUT2D eigenvalue weighted by atomic mass is 32.1. The first-order chi connectivity index (χ1) is 6.35. The summed E-state index contributed by atoms with van der Waals surface area (Å²) in [5.41, 5.74) is 1.000. The van der Waals surface area contributed by atoms with Gasteiger partial charge in [0.15, 0.2) is 0 Å². The van der Waals surface area contributed by atoms with Crippen LogP contribution in [0.4, 0.5) is 0 Å². The summed E-state index contributed by atoms with van der Waals surface area (Å²) in [4.78, 5) is 5.18. The van der Waals surface area contributed by atoms with Crippen LogP contribution in [0.25, 0.3) is 0 Å². The highest BCUT2D eigenvalue weighted by Gasteiger charge is 2.29. The minimum atomic E-state index is 0.520. The van der Waals surface area contributed by atoms with Crippen molar-refractivity contribution in [3.8, 4) is 6.07 Å². The number of methoxy groups -OCH3 is 1. The van der Waals surface area contributed by atoms with Crippen molar-refractivity contribution in [2.75, 3.05) is 7.11 Å². The molecule has 1 heterocycles. The number of aromatic nitrogens is 1. The van der Waals surface area contributed by atoms with Crippen molar-refractivity contribution in [3.63, 3.8) is 0 Å². The van der Waals surface area contributed by atoms with Crippen LogP contribution < -0.4 is 0 Å². The second-order valence-corrected chi connectivity index (χ2v) is 4.22. The fraction of sp³-hybridized carbons (Fsp3) is 0.556. The number of hydrogen-bond acceptors (Lipinski definition) is 4. The van der Waals surface area contributed by atoms with Crippen LogP contribution in [0, 0.1) is 11.3 Å². The summed E-state index contributed by atoms with van der Waals surface area (Å²) in [7, 11) is 1.64. The van der Waals surface area contributed by atoms with Gasteiger partial charge in [-0.1, -0.05) is 0 Å². The van der Waals surface area contributed by atoms with Gasteiger partial charge in [0.05, 0.1) is 12.3 Å². The maximum atomic E-state index is 8.86. The molecule has 4 heteroatoms. The summed E-state index contributed by atoms with van der Waals surface area (Å²) in [6.45, 7) is 0.520. The van der Waals surface area contributed by atoms with E-state index in [4.69, 9.17) is 10.00 Å². The number of rotatable bonds is 3. The zero-order valence-electron chi connectivity index (χ0n) is 7.41. The minimum absolute atomic E-state index is 0.520. The van der Waals surface area contributed by atoms with Gasteiger partial charge in [-0.25, -0.2) is 4.98 Å². The van der Waals surface area contributed by atoms with E-state index in [2.05, 4.69) is 11.1 Å². The molecule has 0 aromatic carbocycles. The summed E-state index contributed by atoms with van der Waals surface area (Å²) < 4.78 is 4.98. The molecular formula is C9H10N2OS. The van der Waals surface area contributed by atoms with Crippen molar-refractivity contribution >= 4 is 11.3 Å². The molecule has 1 saturated carbocycles. The summed E-state index contributed by atoms with van der Waals surface area (Å²) in [5.74, 6) is 0.552. The summed E-state index contributed by atoms with van der Waals surface area (Å²) in [6, 6.07) is 2.20. The Hall–Kier alpha value is -0.920. The zero-order valence-corrected chi connectivity index (χ0v) is 8.23. The predicted molar refractivity (Wildman–Crippen MR) is 49.5 cm³/mol. The average molecular weight is 194 g/mol. The Balaban J connectivity index is 2.27. The van der Waals surface area contributed by atoms with Crippen LogP contribution in [-0.2, 0) is 11.3 Å². The molecule has 1 aromatic rings. The fourth-order valence-electron chi connectivity index (χ4n) is 1.28. The topological polar surface area (TPSA) is 45.9 Å². The van der Waals surface area contributed by atoms with E-state index in [9.17, 15) is 0 Å². The third-order valence-corrected chi connectivity index (χ3v) is 2.98. The lowest BCUT2D eigenvalue weighted by Crippen LogP contribution is -1.87. The van der Waals surface area contributed by atoms with Gasteiger partial charge in [0.1, 0.15) is 16.0 Å². The Morgan fingerprint density at radius 1 is 1.69 bits per heavy atom. The molecule has 2 rings (SSSR count). The molecule has 0 bridgehead atoms. The third-order valence-electron chi connectivity index (χ3n) is 2.03. The SMILES string of the molecule is COCc1nc(C2CC2)c(C#N)s1. The maximum absolute atomic E-state index is 8.86. The Morgan fingerprint density at radius 3 is 3.00 bits per heavy atom. The first kappa shape index (κ1) is 8.67. The smallest absolute Gasteiger partial charge is 0.128 e. The Kier molecular flexibility index (Phi) is 2.30.